The number of hydrogen-bond donors (Lipinski definition) is 1. The van der Waals surface area contributed by atoms with Crippen molar-refractivity contribution in [2.75, 3.05) is 5.32 Å². The quantitative estimate of drug-likeness (QED) is 0.685. The van der Waals surface area contributed by atoms with Gasteiger partial charge in [-0.1, -0.05) is 30.3 Å². The number of amides is 1. The number of carbonyl (C=O) groups is 1. The summed E-state index contributed by atoms with van der Waals surface area (Å²) in [6.45, 7) is 5.78. The Balaban J connectivity index is 1.65. The molecule has 1 aromatic carbocycles. The van der Waals surface area contributed by atoms with Crippen molar-refractivity contribution in [3.05, 3.63) is 63.8 Å². The van der Waals surface area contributed by atoms with E-state index in [9.17, 15) is 9.59 Å². The van der Waals surface area contributed by atoms with E-state index in [4.69, 9.17) is 4.52 Å². The van der Waals surface area contributed by atoms with Gasteiger partial charge in [-0.25, -0.2) is 0 Å². The Kier molecular flexibility index (Phi) is 5.05. The van der Waals surface area contributed by atoms with E-state index in [1.165, 1.54) is 4.57 Å². The molecule has 1 N–H and O–H groups in total. The van der Waals surface area contributed by atoms with Crippen molar-refractivity contribution in [3.63, 3.8) is 0 Å². The minimum atomic E-state index is -0.646. The number of hydrogen-bond acceptors (Lipinski definition) is 5. The molecule has 0 saturated heterocycles. The van der Waals surface area contributed by atoms with Gasteiger partial charge in [-0.15, -0.1) is 0 Å². The highest BCUT2D eigenvalue weighted by molar-refractivity contribution is 5.95. The molecule has 29 heavy (non-hydrogen) atoms. The number of rotatable bonds is 6. The number of para-hydroxylation sites is 1. The summed E-state index contributed by atoms with van der Waals surface area (Å²) in [5.41, 5.74) is 2.74. The van der Waals surface area contributed by atoms with Gasteiger partial charge in [-0.2, -0.15) is 4.98 Å². The van der Waals surface area contributed by atoms with Crippen LogP contribution in [0, 0.1) is 13.8 Å². The van der Waals surface area contributed by atoms with Crippen LogP contribution in [0.1, 0.15) is 55.1 Å². The van der Waals surface area contributed by atoms with Gasteiger partial charge in [-0.3, -0.25) is 9.59 Å². The van der Waals surface area contributed by atoms with E-state index in [-0.39, 0.29) is 17.4 Å². The molecular formula is C22H24N4O3. The zero-order valence-corrected chi connectivity index (χ0v) is 16.8. The van der Waals surface area contributed by atoms with Crippen molar-refractivity contribution in [1.82, 2.24) is 14.7 Å². The molecule has 2 aromatic heterocycles. The van der Waals surface area contributed by atoms with E-state index in [2.05, 4.69) is 15.5 Å². The fourth-order valence-corrected chi connectivity index (χ4v) is 3.50. The number of pyridine rings is 1. The highest BCUT2D eigenvalue weighted by atomic mass is 16.5. The molecule has 1 aliphatic rings. The van der Waals surface area contributed by atoms with Crippen LogP contribution in [0.4, 0.5) is 5.69 Å². The van der Waals surface area contributed by atoms with E-state index >= 15 is 0 Å². The Bertz CT molecular complexity index is 1090. The molecule has 0 spiro atoms. The van der Waals surface area contributed by atoms with Crippen LogP contribution >= 0.6 is 0 Å². The van der Waals surface area contributed by atoms with Gasteiger partial charge in [0.1, 0.15) is 11.6 Å². The van der Waals surface area contributed by atoms with Crippen LogP contribution in [-0.2, 0) is 4.79 Å². The first-order valence-electron chi connectivity index (χ1n) is 9.91. The number of aryl methyl sites for hydroxylation is 2. The zero-order valence-electron chi connectivity index (χ0n) is 16.8. The number of benzene rings is 1. The number of anilines is 1. The Morgan fingerprint density at radius 2 is 1.97 bits per heavy atom. The molecule has 2 heterocycles. The lowest BCUT2D eigenvalue weighted by Crippen LogP contribution is -2.33. The highest BCUT2D eigenvalue weighted by Crippen LogP contribution is 2.38. The molecule has 150 valence electrons. The molecule has 0 aliphatic heterocycles. The number of aromatic nitrogens is 3. The number of nitrogens with one attached hydrogen (secondary N) is 1. The average molecular weight is 392 g/mol. The Morgan fingerprint density at radius 1 is 1.24 bits per heavy atom. The second kappa shape index (κ2) is 7.66. The van der Waals surface area contributed by atoms with Crippen LogP contribution in [0.25, 0.3) is 11.5 Å². The lowest BCUT2D eigenvalue weighted by molar-refractivity contribution is -0.119. The summed E-state index contributed by atoms with van der Waals surface area (Å²) in [5.74, 6) is 0.962. The molecular weight excluding hydrogens is 368 g/mol. The second-order valence-electron chi connectivity index (χ2n) is 7.55. The van der Waals surface area contributed by atoms with E-state index < -0.39 is 6.04 Å². The summed E-state index contributed by atoms with van der Waals surface area (Å²) < 4.78 is 6.76. The fourth-order valence-electron chi connectivity index (χ4n) is 3.50. The topological polar surface area (TPSA) is 90.0 Å². The summed E-state index contributed by atoms with van der Waals surface area (Å²) >= 11 is 0. The summed E-state index contributed by atoms with van der Waals surface area (Å²) in [6.07, 6.45) is 4.20. The third-order valence-electron chi connectivity index (χ3n) is 5.34. The van der Waals surface area contributed by atoms with Crippen molar-refractivity contribution < 1.29 is 9.32 Å². The van der Waals surface area contributed by atoms with Gasteiger partial charge in [0, 0.05) is 17.8 Å². The molecule has 0 radical (unpaired) electrons. The molecule has 0 bridgehead atoms. The van der Waals surface area contributed by atoms with Crippen molar-refractivity contribution in [2.24, 2.45) is 0 Å². The van der Waals surface area contributed by atoms with Crippen LogP contribution in [0.15, 0.2) is 45.8 Å². The summed E-state index contributed by atoms with van der Waals surface area (Å²) in [6, 6.07) is 8.58. The first-order valence-corrected chi connectivity index (χ1v) is 9.91. The molecule has 7 nitrogen and oxygen atoms in total. The van der Waals surface area contributed by atoms with Gasteiger partial charge in [-0.05, 0) is 56.4 Å². The number of carbonyl (C=O) groups excluding carboxylic acids is 1. The highest BCUT2D eigenvalue weighted by Gasteiger charge is 2.30. The molecule has 1 aliphatic carbocycles. The predicted molar refractivity (Wildman–Crippen MR) is 110 cm³/mol. The van der Waals surface area contributed by atoms with Gasteiger partial charge in [0.2, 0.25) is 5.91 Å². The number of nitrogens with zero attached hydrogens (tertiary/aromatic N) is 3. The Morgan fingerprint density at radius 3 is 2.62 bits per heavy atom. The zero-order chi connectivity index (χ0) is 20.5. The average Bonchev–Trinajstić information content (AvgIpc) is 3.44. The second-order valence-corrected chi connectivity index (χ2v) is 7.55. The maximum Gasteiger partial charge on any atom is 0.264 e. The van der Waals surface area contributed by atoms with Gasteiger partial charge in [0.25, 0.3) is 11.4 Å². The molecule has 3 aromatic rings. The molecule has 0 unspecified atom stereocenters. The lowest BCUT2D eigenvalue weighted by Gasteiger charge is -2.20. The van der Waals surface area contributed by atoms with Crippen molar-refractivity contribution >= 4 is 11.6 Å². The van der Waals surface area contributed by atoms with Crippen LogP contribution in [-0.4, -0.2) is 20.6 Å². The standard InChI is InChI=1S/C22H24N4O3/c1-4-17(20(27)23-18-13(2)7-5-8-14(18)3)26-12-6-9-16(22(26)28)21-24-19(25-29-21)15-10-11-15/h5-9,12,15,17H,4,10-11H2,1-3H3,(H,23,27)/t17-/m0/s1. The van der Waals surface area contributed by atoms with Crippen molar-refractivity contribution in [3.8, 4) is 11.5 Å². The summed E-state index contributed by atoms with van der Waals surface area (Å²) in [4.78, 5) is 30.5. The van der Waals surface area contributed by atoms with Gasteiger partial charge >= 0.3 is 0 Å². The Labute approximate surface area is 168 Å². The molecule has 1 amide bonds. The third kappa shape index (κ3) is 3.72. The third-order valence-corrected chi connectivity index (χ3v) is 5.34. The molecule has 1 fully saturated rings. The maximum atomic E-state index is 13.1. The van der Waals surface area contributed by atoms with Crippen LogP contribution in [0.3, 0.4) is 0 Å². The molecule has 1 saturated carbocycles. The lowest BCUT2D eigenvalue weighted by atomic mass is 10.1. The predicted octanol–water partition coefficient (Wildman–Crippen LogP) is 3.98. The first-order chi connectivity index (χ1) is 14.0. The molecule has 1 atom stereocenters. The smallest absolute Gasteiger partial charge is 0.264 e. The minimum Gasteiger partial charge on any atom is -0.334 e. The Hall–Kier alpha value is -3.22. The minimum absolute atomic E-state index is 0.205. The van der Waals surface area contributed by atoms with Gasteiger partial charge in [0.05, 0.1) is 0 Å². The van der Waals surface area contributed by atoms with Gasteiger partial charge < -0.3 is 14.4 Å². The van der Waals surface area contributed by atoms with E-state index in [0.29, 0.717) is 23.7 Å². The molecule has 7 heteroatoms. The maximum absolute atomic E-state index is 13.1. The van der Waals surface area contributed by atoms with Crippen molar-refractivity contribution in [2.45, 2.75) is 52.0 Å². The largest absolute Gasteiger partial charge is 0.334 e. The van der Waals surface area contributed by atoms with E-state index in [1.807, 2.05) is 39.0 Å². The monoisotopic (exact) mass is 392 g/mol. The van der Waals surface area contributed by atoms with Crippen molar-refractivity contribution in [1.29, 1.82) is 0 Å². The van der Waals surface area contributed by atoms with Crippen LogP contribution in [0.2, 0.25) is 0 Å². The van der Waals surface area contributed by atoms with E-state index in [0.717, 1.165) is 29.7 Å². The van der Waals surface area contributed by atoms with Crippen LogP contribution in [0.5, 0.6) is 0 Å². The molecule has 4 rings (SSSR count). The summed E-state index contributed by atoms with van der Waals surface area (Å²) in [5, 5.41) is 6.98. The first kappa shape index (κ1) is 19.1. The normalized spacial score (nSPS) is 14.6. The fraction of sp³-hybridized carbons (Fsp3) is 0.364. The SMILES string of the molecule is CC[C@@H](C(=O)Nc1c(C)cccc1C)n1cccc(-c2nc(C3CC3)no2)c1=O. The van der Waals surface area contributed by atoms with Crippen LogP contribution < -0.4 is 10.9 Å². The van der Waals surface area contributed by atoms with E-state index in [1.54, 1.807) is 18.3 Å². The summed E-state index contributed by atoms with van der Waals surface area (Å²) in [7, 11) is 0. The van der Waals surface area contributed by atoms with Gasteiger partial charge in [0.15, 0.2) is 5.82 Å².